The average molecular weight is 846 g/mol. The smallest absolute Gasteiger partial charge is 0.305 e. The van der Waals surface area contributed by atoms with Crippen molar-refractivity contribution in [2.75, 3.05) is 13.2 Å². The van der Waals surface area contributed by atoms with Crippen LogP contribution < -0.4 is 5.32 Å². The lowest BCUT2D eigenvalue weighted by molar-refractivity contribution is -0.143. The molecule has 6 nitrogen and oxygen atoms in total. The molecule has 0 aromatic heterocycles. The van der Waals surface area contributed by atoms with E-state index >= 15 is 0 Å². The molecule has 0 spiro atoms. The Hall–Kier alpha value is -1.66. The fourth-order valence-electron chi connectivity index (χ4n) is 8.10. The van der Waals surface area contributed by atoms with Crippen LogP contribution in [0.5, 0.6) is 0 Å². The van der Waals surface area contributed by atoms with Crippen LogP contribution in [0.2, 0.25) is 0 Å². The minimum atomic E-state index is -0.859. The number of rotatable bonds is 49. The first-order chi connectivity index (χ1) is 29.5. The monoisotopic (exact) mass is 846 g/mol. The Morgan fingerprint density at radius 3 is 1.18 bits per heavy atom. The Labute approximate surface area is 373 Å². The number of carbonyl (C=O) groups excluding carboxylic acids is 2. The second-order valence-corrected chi connectivity index (χ2v) is 18.2. The van der Waals surface area contributed by atoms with Gasteiger partial charge < -0.3 is 20.3 Å². The number of nitrogens with one attached hydrogen (secondary N) is 1. The standard InChI is InChI=1S/C54H103NO5/c1-3-5-7-9-11-13-15-17-19-20-21-23-28-32-36-40-44-48-54(59)60-49-45-41-37-33-29-25-24-27-31-35-39-43-47-53(58)55-51(50-56)52(57)46-42-38-34-30-26-22-18-16-14-12-10-8-6-4-2/h25,29,42,46,51-52,56-57H,3-24,26-28,30-41,43-45,47-50H2,1-2H3,(H,55,58)/b29-25-,46-42+. The van der Waals surface area contributed by atoms with E-state index in [2.05, 4.69) is 31.3 Å². The largest absolute Gasteiger partial charge is 0.466 e. The van der Waals surface area contributed by atoms with Gasteiger partial charge in [0, 0.05) is 12.8 Å². The highest BCUT2D eigenvalue weighted by atomic mass is 16.5. The molecule has 354 valence electrons. The lowest BCUT2D eigenvalue weighted by atomic mass is 10.0. The first-order valence-corrected chi connectivity index (χ1v) is 26.6. The predicted octanol–water partition coefficient (Wildman–Crippen LogP) is 15.9. The molecule has 2 unspecified atom stereocenters. The van der Waals surface area contributed by atoms with Gasteiger partial charge in [0.15, 0.2) is 0 Å². The third-order valence-corrected chi connectivity index (χ3v) is 12.2. The van der Waals surface area contributed by atoms with Gasteiger partial charge in [-0.05, 0) is 64.2 Å². The number of esters is 1. The van der Waals surface area contributed by atoms with Crippen LogP contribution in [0.15, 0.2) is 24.3 Å². The maximum atomic E-state index is 12.4. The number of allylic oxidation sites excluding steroid dienone is 3. The van der Waals surface area contributed by atoms with Gasteiger partial charge in [-0.2, -0.15) is 0 Å². The highest BCUT2D eigenvalue weighted by Crippen LogP contribution is 2.16. The molecule has 0 saturated carbocycles. The highest BCUT2D eigenvalue weighted by molar-refractivity contribution is 5.76. The Morgan fingerprint density at radius 2 is 0.783 bits per heavy atom. The lowest BCUT2D eigenvalue weighted by Crippen LogP contribution is -2.45. The van der Waals surface area contributed by atoms with Gasteiger partial charge in [-0.3, -0.25) is 9.59 Å². The van der Waals surface area contributed by atoms with Crippen molar-refractivity contribution >= 4 is 11.9 Å². The number of unbranched alkanes of at least 4 members (excludes halogenated alkanes) is 36. The number of ether oxygens (including phenoxy) is 1. The van der Waals surface area contributed by atoms with E-state index < -0.39 is 12.1 Å². The topological polar surface area (TPSA) is 95.9 Å². The summed E-state index contributed by atoms with van der Waals surface area (Å²) in [6, 6.07) is -0.645. The quantitative estimate of drug-likeness (QED) is 0.0322. The summed E-state index contributed by atoms with van der Waals surface area (Å²) in [4.78, 5) is 24.5. The number of aliphatic hydroxyl groups excluding tert-OH is 2. The zero-order chi connectivity index (χ0) is 43.7. The molecule has 0 bridgehead atoms. The van der Waals surface area contributed by atoms with E-state index in [9.17, 15) is 19.8 Å². The second kappa shape index (κ2) is 50.0. The SMILES string of the molecule is CCCCCCCCCCCCCC/C=C/C(O)C(CO)NC(=O)CCCCCCC/C=C\CCCCCOC(=O)CCCCCCCCCCCCCCCCCCC. The molecule has 2 atom stereocenters. The van der Waals surface area contributed by atoms with Gasteiger partial charge in [0.05, 0.1) is 25.4 Å². The fourth-order valence-corrected chi connectivity index (χ4v) is 8.10. The molecule has 0 heterocycles. The van der Waals surface area contributed by atoms with Crippen LogP contribution in [0.3, 0.4) is 0 Å². The molecular weight excluding hydrogens is 743 g/mol. The molecule has 0 rings (SSSR count). The number of amides is 1. The lowest BCUT2D eigenvalue weighted by Gasteiger charge is -2.20. The summed E-state index contributed by atoms with van der Waals surface area (Å²) in [6.07, 6.45) is 59.0. The van der Waals surface area contributed by atoms with Crippen LogP contribution in [0.25, 0.3) is 0 Å². The predicted molar refractivity (Wildman–Crippen MR) is 260 cm³/mol. The molecule has 0 aliphatic heterocycles. The minimum Gasteiger partial charge on any atom is -0.466 e. The minimum absolute atomic E-state index is 0.0207. The number of carbonyl (C=O) groups is 2. The summed E-state index contributed by atoms with van der Waals surface area (Å²) in [5, 5.41) is 23.0. The molecule has 0 aliphatic rings. The molecule has 0 saturated heterocycles. The van der Waals surface area contributed by atoms with E-state index in [1.54, 1.807) is 6.08 Å². The third kappa shape index (κ3) is 45.9. The summed E-state index contributed by atoms with van der Waals surface area (Å²) < 4.78 is 5.46. The van der Waals surface area contributed by atoms with Crippen LogP contribution >= 0.6 is 0 Å². The highest BCUT2D eigenvalue weighted by Gasteiger charge is 2.18. The van der Waals surface area contributed by atoms with Crippen molar-refractivity contribution in [2.45, 2.75) is 296 Å². The van der Waals surface area contributed by atoms with Gasteiger partial charge in [0.25, 0.3) is 0 Å². The second-order valence-electron chi connectivity index (χ2n) is 18.2. The molecule has 0 radical (unpaired) electrons. The van der Waals surface area contributed by atoms with Crippen molar-refractivity contribution in [2.24, 2.45) is 0 Å². The van der Waals surface area contributed by atoms with Crippen LogP contribution in [0.4, 0.5) is 0 Å². The van der Waals surface area contributed by atoms with E-state index in [0.717, 1.165) is 77.0 Å². The normalized spacial score (nSPS) is 12.8. The fraction of sp³-hybridized carbons (Fsp3) is 0.889. The first-order valence-electron chi connectivity index (χ1n) is 26.6. The Bertz CT molecular complexity index is 935. The maximum Gasteiger partial charge on any atom is 0.305 e. The summed E-state index contributed by atoms with van der Waals surface area (Å²) in [6.45, 7) is 4.85. The number of aliphatic hydroxyl groups is 2. The molecule has 3 N–H and O–H groups in total. The molecule has 6 heteroatoms. The molecule has 60 heavy (non-hydrogen) atoms. The van der Waals surface area contributed by atoms with Gasteiger partial charge >= 0.3 is 5.97 Å². The van der Waals surface area contributed by atoms with E-state index in [0.29, 0.717) is 19.4 Å². The van der Waals surface area contributed by atoms with Crippen molar-refractivity contribution in [3.63, 3.8) is 0 Å². The van der Waals surface area contributed by atoms with Gasteiger partial charge in [0.1, 0.15) is 0 Å². The Balaban J connectivity index is 3.51. The van der Waals surface area contributed by atoms with E-state index in [1.807, 2.05) is 6.08 Å². The molecule has 0 fully saturated rings. The summed E-state index contributed by atoms with van der Waals surface area (Å²) in [5.41, 5.74) is 0. The molecule has 1 amide bonds. The number of hydrogen-bond acceptors (Lipinski definition) is 5. The first kappa shape index (κ1) is 58.3. The summed E-state index contributed by atoms with van der Waals surface area (Å²) in [7, 11) is 0. The van der Waals surface area contributed by atoms with Crippen molar-refractivity contribution < 1.29 is 24.5 Å². The van der Waals surface area contributed by atoms with E-state index in [-0.39, 0.29) is 18.5 Å². The van der Waals surface area contributed by atoms with Gasteiger partial charge in [0.2, 0.25) is 5.91 Å². The Morgan fingerprint density at radius 1 is 0.450 bits per heavy atom. The van der Waals surface area contributed by atoms with E-state index in [4.69, 9.17) is 4.74 Å². The van der Waals surface area contributed by atoms with Crippen molar-refractivity contribution in [1.29, 1.82) is 0 Å². The average Bonchev–Trinajstić information content (AvgIpc) is 3.25. The third-order valence-electron chi connectivity index (χ3n) is 12.2. The van der Waals surface area contributed by atoms with Crippen molar-refractivity contribution in [1.82, 2.24) is 5.32 Å². The number of hydrogen-bond donors (Lipinski definition) is 3. The van der Waals surface area contributed by atoms with Crippen molar-refractivity contribution in [3.05, 3.63) is 24.3 Å². The van der Waals surface area contributed by atoms with E-state index in [1.165, 1.54) is 180 Å². The molecule has 0 aliphatic carbocycles. The van der Waals surface area contributed by atoms with Gasteiger partial charge in [-0.1, -0.05) is 231 Å². The van der Waals surface area contributed by atoms with Gasteiger partial charge in [-0.15, -0.1) is 0 Å². The van der Waals surface area contributed by atoms with Crippen LogP contribution in [-0.4, -0.2) is 47.4 Å². The summed E-state index contributed by atoms with van der Waals surface area (Å²) >= 11 is 0. The maximum absolute atomic E-state index is 12.4. The zero-order valence-electron chi connectivity index (χ0n) is 40.2. The molecular formula is C54H103NO5. The summed E-state index contributed by atoms with van der Waals surface area (Å²) in [5.74, 6) is -0.114. The van der Waals surface area contributed by atoms with Crippen LogP contribution in [-0.2, 0) is 14.3 Å². The van der Waals surface area contributed by atoms with Crippen LogP contribution in [0.1, 0.15) is 284 Å². The van der Waals surface area contributed by atoms with Crippen LogP contribution in [0, 0.1) is 0 Å². The van der Waals surface area contributed by atoms with Crippen molar-refractivity contribution in [3.8, 4) is 0 Å². The zero-order valence-corrected chi connectivity index (χ0v) is 40.2. The molecule has 0 aromatic rings. The van der Waals surface area contributed by atoms with Gasteiger partial charge in [-0.25, -0.2) is 0 Å². The Kier molecular flexibility index (Phi) is 48.6. The molecule has 0 aromatic carbocycles.